The molecule has 0 unspecified atom stereocenters. The molecule has 144 valence electrons. The van der Waals surface area contributed by atoms with Crippen molar-refractivity contribution >= 4 is 41.3 Å². The van der Waals surface area contributed by atoms with Gasteiger partial charge in [-0.05, 0) is 18.4 Å². The van der Waals surface area contributed by atoms with Gasteiger partial charge in [-0.1, -0.05) is 39.0 Å². The molecule has 0 fully saturated rings. The van der Waals surface area contributed by atoms with Crippen LogP contribution in [0.3, 0.4) is 0 Å². The molecule has 1 aromatic heterocycles. The maximum absolute atomic E-state index is 5.90. The number of hydrogen-bond acceptors (Lipinski definition) is 4. The minimum Gasteiger partial charge on any atom is -0.493 e. The predicted molar refractivity (Wildman–Crippen MR) is 121 cm³/mol. The number of halogens is 1. The quantitative estimate of drug-likeness (QED) is 0.332. The maximum atomic E-state index is 5.90. The second-order valence-electron chi connectivity index (χ2n) is 6.17. The molecule has 26 heavy (non-hydrogen) atoms. The fourth-order valence-corrected chi connectivity index (χ4v) is 3.00. The zero-order valence-electron chi connectivity index (χ0n) is 15.9. The van der Waals surface area contributed by atoms with Gasteiger partial charge in [-0.25, -0.2) is 4.98 Å². The minimum absolute atomic E-state index is 0. The zero-order chi connectivity index (χ0) is 18.1. The monoisotopic (exact) mass is 488 g/mol. The van der Waals surface area contributed by atoms with Crippen LogP contribution < -0.4 is 15.4 Å². The smallest absolute Gasteiger partial charge is 0.191 e. The molecule has 5 nitrogen and oxygen atoms in total. The number of aromatic nitrogens is 1. The van der Waals surface area contributed by atoms with E-state index >= 15 is 0 Å². The summed E-state index contributed by atoms with van der Waals surface area (Å²) in [4.78, 5) is 10.0. The van der Waals surface area contributed by atoms with E-state index in [0.717, 1.165) is 28.7 Å². The number of para-hydroxylation sites is 1. The number of aliphatic imine (C=N–C) groups is 1. The summed E-state index contributed by atoms with van der Waals surface area (Å²) in [6.45, 7) is 8.49. The van der Waals surface area contributed by atoms with Gasteiger partial charge in [0.05, 0.1) is 13.2 Å². The number of nitrogens with one attached hydrogen (secondary N) is 2. The van der Waals surface area contributed by atoms with Crippen LogP contribution >= 0.6 is 35.3 Å². The fourth-order valence-electron chi connectivity index (χ4n) is 2.20. The van der Waals surface area contributed by atoms with E-state index in [9.17, 15) is 0 Å². The first-order valence-electron chi connectivity index (χ1n) is 8.71. The third-order valence-corrected chi connectivity index (χ3v) is 4.71. The summed E-state index contributed by atoms with van der Waals surface area (Å²) in [6, 6.07) is 8.11. The highest BCUT2D eigenvalue weighted by atomic mass is 127. The van der Waals surface area contributed by atoms with Crippen molar-refractivity contribution in [3.05, 3.63) is 45.9 Å². The van der Waals surface area contributed by atoms with Crippen molar-refractivity contribution in [1.82, 2.24) is 15.6 Å². The molecule has 0 atom stereocenters. The minimum atomic E-state index is 0. The van der Waals surface area contributed by atoms with Crippen LogP contribution in [0, 0.1) is 5.92 Å². The average Bonchev–Trinajstić information content (AvgIpc) is 3.09. The number of thiazole rings is 1. The van der Waals surface area contributed by atoms with Crippen LogP contribution in [0.4, 0.5) is 0 Å². The maximum Gasteiger partial charge on any atom is 0.191 e. The predicted octanol–water partition coefficient (Wildman–Crippen LogP) is 4.22. The van der Waals surface area contributed by atoms with Crippen molar-refractivity contribution in [1.29, 1.82) is 0 Å². The Balaban J connectivity index is 0.00000338. The van der Waals surface area contributed by atoms with Gasteiger partial charge in [-0.15, -0.1) is 35.3 Å². The fraction of sp³-hybridized carbons (Fsp3) is 0.474. The molecule has 0 saturated heterocycles. The average molecular weight is 488 g/mol. The van der Waals surface area contributed by atoms with Crippen LogP contribution in [-0.2, 0) is 19.5 Å². The Bertz CT molecular complexity index is 688. The molecule has 0 saturated carbocycles. The summed E-state index contributed by atoms with van der Waals surface area (Å²) in [5, 5.41) is 7.72. The summed E-state index contributed by atoms with van der Waals surface area (Å²) in [7, 11) is 1.77. The standard InChI is InChI=1S/C19H28N4OS.HI/c1-5-16-11-21-18(25-16)12-23-19(20-4)22-10-15-8-6-7-9-17(15)24-13-14(2)3;/h6-9,11,14H,5,10,12-13H2,1-4H3,(H2,20,22,23);1H. The van der Waals surface area contributed by atoms with Crippen molar-refractivity contribution in [2.45, 2.75) is 40.3 Å². The Labute approximate surface area is 177 Å². The summed E-state index contributed by atoms with van der Waals surface area (Å²) < 4.78 is 5.90. The molecule has 2 rings (SSSR count). The summed E-state index contributed by atoms with van der Waals surface area (Å²) in [5.41, 5.74) is 1.12. The number of nitrogens with zero attached hydrogens (tertiary/aromatic N) is 2. The van der Waals surface area contributed by atoms with Crippen LogP contribution in [-0.4, -0.2) is 24.6 Å². The SMILES string of the molecule is CCc1cnc(CNC(=NC)NCc2ccccc2OCC(C)C)s1.I. The molecule has 2 N–H and O–H groups in total. The van der Waals surface area contributed by atoms with E-state index in [1.54, 1.807) is 18.4 Å². The molecular formula is C19H29IN4OS. The van der Waals surface area contributed by atoms with Crippen molar-refractivity contribution < 1.29 is 4.74 Å². The summed E-state index contributed by atoms with van der Waals surface area (Å²) >= 11 is 1.74. The van der Waals surface area contributed by atoms with Crippen molar-refractivity contribution in [2.24, 2.45) is 10.9 Å². The first kappa shape index (κ1) is 22.7. The second-order valence-corrected chi connectivity index (χ2v) is 7.37. The van der Waals surface area contributed by atoms with Crippen LogP contribution in [0.25, 0.3) is 0 Å². The highest BCUT2D eigenvalue weighted by Crippen LogP contribution is 2.18. The first-order chi connectivity index (χ1) is 12.1. The number of rotatable bonds is 8. The topological polar surface area (TPSA) is 58.5 Å². The Hall–Kier alpha value is -1.35. The van der Waals surface area contributed by atoms with Gasteiger partial charge in [0.1, 0.15) is 10.8 Å². The zero-order valence-corrected chi connectivity index (χ0v) is 19.1. The lowest BCUT2D eigenvalue weighted by Gasteiger charge is -2.15. The Morgan fingerprint density at radius 2 is 1.96 bits per heavy atom. The van der Waals surface area contributed by atoms with Gasteiger partial charge in [-0.2, -0.15) is 0 Å². The van der Waals surface area contributed by atoms with Gasteiger partial charge in [0.25, 0.3) is 0 Å². The van der Waals surface area contributed by atoms with Gasteiger partial charge in [0, 0.05) is 30.2 Å². The van der Waals surface area contributed by atoms with E-state index in [1.165, 1.54) is 4.88 Å². The third-order valence-electron chi connectivity index (χ3n) is 3.57. The Morgan fingerprint density at radius 1 is 1.23 bits per heavy atom. The van der Waals surface area contributed by atoms with Gasteiger partial charge in [-0.3, -0.25) is 4.99 Å². The van der Waals surface area contributed by atoms with E-state index in [4.69, 9.17) is 4.74 Å². The molecule has 0 bridgehead atoms. The molecule has 0 aliphatic rings. The number of benzene rings is 1. The molecular weight excluding hydrogens is 459 g/mol. The highest BCUT2D eigenvalue weighted by molar-refractivity contribution is 14.0. The molecule has 0 amide bonds. The van der Waals surface area contributed by atoms with E-state index in [2.05, 4.69) is 47.4 Å². The van der Waals surface area contributed by atoms with E-state index in [0.29, 0.717) is 25.6 Å². The Morgan fingerprint density at radius 3 is 2.62 bits per heavy atom. The lowest BCUT2D eigenvalue weighted by Crippen LogP contribution is -2.36. The molecule has 7 heteroatoms. The van der Waals surface area contributed by atoms with Crippen LogP contribution in [0.2, 0.25) is 0 Å². The number of ether oxygens (including phenoxy) is 1. The molecule has 0 radical (unpaired) electrons. The van der Waals surface area contributed by atoms with Crippen molar-refractivity contribution in [3.8, 4) is 5.75 Å². The van der Waals surface area contributed by atoms with E-state index < -0.39 is 0 Å². The van der Waals surface area contributed by atoms with Gasteiger partial charge in [0.2, 0.25) is 0 Å². The lowest BCUT2D eigenvalue weighted by atomic mass is 10.2. The summed E-state index contributed by atoms with van der Waals surface area (Å²) in [5.74, 6) is 2.18. The molecule has 0 spiro atoms. The Kier molecular flexibility index (Phi) is 10.6. The first-order valence-corrected chi connectivity index (χ1v) is 9.52. The van der Waals surface area contributed by atoms with Crippen LogP contribution in [0.1, 0.15) is 36.2 Å². The van der Waals surface area contributed by atoms with Crippen molar-refractivity contribution in [3.63, 3.8) is 0 Å². The van der Waals surface area contributed by atoms with Crippen LogP contribution in [0.5, 0.6) is 5.75 Å². The van der Waals surface area contributed by atoms with E-state index in [1.807, 2.05) is 24.4 Å². The normalized spacial score (nSPS) is 11.2. The number of aryl methyl sites for hydroxylation is 1. The second kappa shape index (κ2) is 12.1. The molecule has 0 aliphatic carbocycles. The number of guanidine groups is 1. The third kappa shape index (κ3) is 7.49. The van der Waals surface area contributed by atoms with Gasteiger partial charge < -0.3 is 15.4 Å². The van der Waals surface area contributed by atoms with Gasteiger partial charge in [0.15, 0.2) is 5.96 Å². The molecule has 1 heterocycles. The largest absolute Gasteiger partial charge is 0.493 e. The lowest BCUT2D eigenvalue weighted by molar-refractivity contribution is 0.268. The highest BCUT2D eigenvalue weighted by Gasteiger charge is 2.06. The molecule has 1 aromatic carbocycles. The number of hydrogen-bond donors (Lipinski definition) is 2. The molecule has 2 aromatic rings. The van der Waals surface area contributed by atoms with Crippen LogP contribution in [0.15, 0.2) is 35.5 Å². The summed E-state index contributed by atoms with van der Waals surface area (Å²) in [6.07, 6.45) is 2.97. The van der Waals surface area contributed by atoms with Crippen molar-refractivity contribution in [2.75, 3.05) is 13.7 Å². The van der Waals surface area contributed by atoms with Gasteiger partial charge >= 0.3 is 0 Å². The van der Waals surface area contributed by atoms with E-state index in [-0.39, 0.29) is 24.0 Å². The molecule has 0 aliphatic heterocycles.